The lowest BCUT2D eigenvalue weighted by Gasteiger charge is -2.37. The second-order valence-corrected chi connectivity index (χ2v) is 6.61. The Bertz CT molecular complexity index is 234. The first-order chi connectivity index (χ1) is 8.29. The van der Waals surface area contributed by atoms with E-state index >= 15 is 0 Å². The number of hydrogen-bond donors (Lipinski definition) is 0. The fourth-order valence-electron chi connectivity index (χ4n) is 3.98. The predicted octanol–water partition coefficient (Wildman–Crippen LogP) is 6.08. The minimum atomic E-state index is 0. The summed E-state index contributed by atoms with van der Waals surface area (Å²) < 4.78 is 0. The van der Waals surface area contributed by atoms with Gasteiger partial charge in [-0.3, -0.25) is 0 Å². The summed E-state index contributed by atoms with van der Waals surface area (Å²) in [4.78, 5) is 0. The normalized spacial score (nSPS) is 39.6. The van der Waals surface area contributed by atoms with Crippen molar-refractivity contribution in [2.45, 2.75) is 71.6 Å². The van der Waals surface area contributed by atoms with Crippen molar-refractivity contribution < 1.29 is 2.85 Å². The summed E-state index contributed by atoms with van der Waals surface area (Å²) in [6.45, 7) is 4.58. The third-order valence-corrected chi connectivity index (χ3v) is 5.32. The topological polar surface area (TPSA) is 0 Å². The third-order valence-electron chi connectivity index (χ3n) is 5.32. The highest BCUT2D eigenvalue weighted by molar-refractivity contribution is 4.85. The van der Waals surface area contributed by atoms with Crippen molar-refractivity contribution in [1.82, 2.24) is 0 Å². The molecule has 0 bridgehead atoms. The summed E-state index contributed by atoms with van der Waals surface area (Å²) in [5.74, 6) is 4.19. The highest BCUT2D eigenvalue weighted by atomic mass is 14.3. The van der Waals surface area contributed by atoms with Crippen molar-refractivity contribution in [3.63, 3.8) is 0 Å². The largest absolute Gasteiger partial charge is 0.0917 e. The molecule has 2 rings (SSSR count). The zero-order valence-electron chi connectivity index (χ0n) is 11.8. The van der Waals surface area contributed by atoms with Crippen LogP contribution in [0.1, 0.15) is 74.5 Å². The van der Waals surface area contributed by atoms with E-state index in [0.717, 1.165) is 23.7 Å². The van der Waals surface area contributed by atoms with Gasteiger partial charge in [-0.2, -0.15) is 0 Å². The van der Waals surface area contributed by atoms with Gasteiger partial charge in [0, 0.05) is 2.85 Å². The van der Waals surface area contributed by atoms with Crippen molar-refractivity contribution in [2.24, 2.45) is 23.7 Å². The van der Waals surface area contributed by atoms with Gasteiger partial charge in [-0.25, -0.2) is 0 Å². The van der Waals surface area contributed by atoms with E-state index in [1.54, 1.807) is 0 Å². The lowest BCUT2D eigenvalue weighted by atomic mass is 9.69. The molecule has 0 N–H and O–H groups in total. The molecule has 0 spiro atoms. The highest BCUT2D eigenvalue weighted by Gasteiger charge is 2.29. The summed E-state index contributed by atoms with van der Waals surface area (Å²) in [5.41, 5.74) is 0. The van der Waals surface area contributed by atoms with E-state index in [1.165, 1.54) is 57.8 Å². The molecule has 0 aromatic heterocycles. The van der Waals surface area contributed by atoms with Gasteiger partial charge in [-0.15, -0.1) is 0 Å². The molecule has 0 atom stereocenters. The Morgan fingerprint density at radius 3 is 1.94 bits per heavy atom. The van der Waals surface area contributed by atoms with Gasteiger partial charge in [-0.05, 0) is 75.5 Å². The first kappa shape index (κ1) is 13.2. The standard InChI is InChI=1S/C17H30.2H2/c1-3-4-5-15-8-12-17(13-9-15)16-10-6-14(2)7-11-16;;/h3-4,14-17H,5-13H2,1-2H3;2*1H. The summed E-state index contributed by atoms with van der Waals surface area (Å²) in [7, 11) is 0. The fraction of sp³-hybridized carbons (Fsp3) is 0.882. The maximum Gasteiger partial charge on any atom is 0 e. The number of allylic oxidation sites excluding steroid dienone is 2. The maximum atomic E-state index is 2.43. The lowest BCUT2D eigenvalue weighted by molar-refractivity contribution is 0.151. The second-order valence-electron chi connectivity index (χ2n) is 6.61. The SMILES string of the molecule is CC=CCC1CCC(C2CCC(C)CC2)CC1.[HH].[HH]. The van der Waals surface area contributed by atoms with Crippen molar-refractivity contribution in [1.29, 1.82) is 0 Å². The first-order valence-corrected chi connectivity index (χ1v) is 7.90. The van der Waals surface area contributed by atoms with Crippen LogP contribution in [-0.2, 0) is 0 Å². The molecule has 0 nitrogen and oxygen atoms in total. The van der Waals surface area contributed by atoms with Crippen LogP contribution < -0.4 is 0 Å². The Kier molecular flexibility index (Phi) is 5.13. The molecular weight excluding hydrogens is 204 g/mol. The minimum absolute atomic E-state index is 0. The molecule has 2 aliphatic carbocycles. The van der Waals surface area contributed by atoms with Crippen LogP contribution in [0.2, 0.25) is 0 Å². The molecule has 0 saturated heterocycles. The van der Waals surface area contributed by atoms with Crippen LogP contribution in [0.25, 0.3) is 0 Å². The average molecular weight is 238 g/mol. The maximum absolute atomic E-state index is 2.43. The molecule has 2 saturated carbocycles. The molecule has 2 fully saturated rings. The van der Waals surface area contributed by atoms with Crippen LogP contribution in [-0.4, -0.2) is 0 Å². The van der Waals surface area contributed by atoms with Gasteiger partial charge in [0.1, 0.15) is 0 Å². The smallest absolute Gasteiger partial charge is 0 e. The summed E-state index contributed by atoms with van der Waals surface area (Å²) in [5, 5.41) is 0. The molecule has 0 aliphatic heterocycles. The molecule has 102 valence electrons. The van der Waals surface area contributed by atoms with Gasteiger partial charge >= 0.3 is 0 Å². The third kappa shape index (κ3) is 3.86. The zero-order valence-corrected chi connectivity index (χ0v) is 11.8. The molecule has 0 heteroatoms. The molecule has 0 heterocycles. The van der Waals surface area contributed by atoms with Gasteiger partial charge in [0.05, 0.1) is 0 Å². The molecular formula is C17H34. The molecule has 0 amide bonds. The van der Waals surface area contributed by atoms with E-state index in [-0.39, 0.29) is 2.85 Å². The van der Waals surface area contributed by atoms with Crippen molar-refractivity contribution in [3.8, 4) is 0 Å². The van der Waals surface area contributed by atoms with Crippen LogP contribution in [0.5, 0.6) is 0 Å². The van der Waals surface area contributed by atoms with Gasteiger partial charge in [-0.1, -0.05) is 31.9 Å². The Morgan fingerprint density at radius 1 is 0.882 bits per heavy atom. The number of rotatable bonds is 3. The Labute approximate surface area is 111 Å². The lowest BCUT2D eigenvalue weighted by Crippen LogP contribution is -2.25. The second kappa shape index (κ2) is 6.61. The number of hydrogen-bond acceptors (Lipinski definition) is 0. The molecule has 0 unspecified atom stereocenters. The van der Waals surface area contributed by atoms with Crippen LogP contribution >= 0.6 is 0 Å². The molecule has 0 aromatic rings. The molecule has 2 aliphatic rings. The summed E-state index contributed by atoms with van der Waals surface area (Å²) >= 11 is 0. The van der Waals surface area contributed by atoms with Crippen LogP contribution in [0.3, 0.4) is 0 Å². The monoisotopic (exact) mass is 238 g/mol. The van der Waals surface area contributed by atoms with Gasteiger partial charge in [0.2, 0.25) is 0 Å². The average Bonchev–Trinajstić information content (AvgIpc) is 2.38. The van der Waals surface area contributed by atoms with Crippen molar-refractivity contribution >= 4 is 0 Å². The van der Waals surface area contributed by atoms with Crippen LogP contribution in [0, 0.1) is 23.7 Å². The fourth-order valence-corrected chi connectivity index (χ4v) is 3.98. The van der Waals surface area contributed by atoms with Gasteiger partial charge < -0.3 is 0 Å². The highest BCUT2D eigenvalue weighted by Crippen LogP contribution is 2.41. The summed E-state index contributed by atoms with van der Waals surface area (Å²) in [6.07, 6.45) is 18.1. The Balaban J connectivity index is 0.00000162. The van der Waals surface area contributed by atoms with E-state index in [2.05, 4.69) is 26.0 Å². The van der Waals surface area contributed by atoms with Gasteiger partial charge in [0.15, 0.2) is 0 Å². The van der Waals surface area contributed by atoms with Crippen molar-refractivity contribution in [3.05, 3.63) is 12.2 Å². The van der Waals surface area contributed by atoms with Crippen LogP contribution in [0.15, 0.2) is 12.2 Å². The molecule has 0 aromatic carbocycles. The van der Waals surface area contributed by atoms with Gasteiger partial charge in [0.25, 0.3) is 0 Å². The Hall–Kier alpha value is -0.260. The quantitative estimate of drug-likeness (QED) is 0.523. The summed E-state index contributed by atoms with van der Waals surface area (Å²) in [6, 6.07) is 0. The van der Waals surface area contributed by atoms with E-state index < -0.39 is 0 Å². The molecule has 0 radical (unpaired) electrons. The minimum Gasteiger partial charge on any atom is -0.0917 e. The van der Waals surface area contributed by atoms with Crippen molar-refractivity contribution in [2.75, 3.05) is 0 Å². The Morgan fingerprint density at radius 2 is 1.41 bits per heavy atom. The van der Waals surface area contributed by atoms with E-state index in [0.29, 0.717) is 0 Å². The predicted molar refractivity (Wildman–Crippen MR) is 80.2 cm³/mol. The zero-order chi connectivity index (χ0) is 12.1. The molecule has 17 heavy (non-hydrogen) atoms. The van der Waals surface area contributed by atoms with E-state index in [4.69, 9.17) is 0 Å². The van der Waals surface area contributed by atoms with E-state index in [1.807, 2.05) is 0 Å². The van der Waals surface area contributed by atoms with Crippen LogP contribution in [0.4, 0.5) is 0 Å². The van der Waals surface area contributed by atoms with E-state index in [9.17, 15) is 0 Å². The first-order valence-electron chi connectivity index (χ1n) is 7.90.